The Labute approximate surface area is 149 Å². The lowest BCUT2D eigenvalue weighted by molar-refractivity contribution is -0.121. The van der Waals surface area contributed by atoms with Crippen LogP contribution in [-0.4, -0.2) is 35.7 Å². The van der Waals surface area contributed by atoms with Crippen LogP contribution >= 0.6 is 0 Å². The number of carbonyl (C=O) groups is 1. The molecule has 0 spiro atoms. The molecule has 0 aliphatic carbocycles. The average Bonchev–Trinajstić information content (AvgIpc) is 3.32. The Hall–Kier alpha value is -3.55. The molecule has 0 fully saturated rings. The molecular formula is C18H17N7O. The highest BCUT2D eigenvalue weighted by molar-refractivity contribution is 5.79. The van der Waals surface area contributed by atoms with Crippen LogP contribution in [0.25, 0.3) is 11.0 Å². The minimum absolute atomic E-state index is 0.104. The van der Waals surface area contributed by atoms with E-state index in [2.05, 4.69) is 25.7 Å². The summed E-state index contributed by atoms with van der Waals surface area (Å²) in [6.07, 6.45) is 3.20. The van der Waals surface area contributed by atoms with E-state index in [0.717, 1.165) is 22.2 Å². The number of para-hydroxylation sites is 1. The minimum Gasteiger partial charge on any atom is -0.350 e. The predicted octanol–water partition coefficient (Wildman–Crippen LogP) is 1.39. The minimum atomic E-state index is -0.104. The number of rotatable bonds is 6. The highest BCUT2D eigenvalue weighted by atomic mass is 16.2. The highest BCUT2D eigenvalue weighted by Gasteiger charge is 2.08. The highest BCUT2D eigenvalue weighted by Crippen LogP contribution is 2.09. The van der Waals surface area contributed by atoms with Crippen LogP contribution in [0.4, 0.5) is 0 Å². The van der Waals surface area contributed by atoms with E-state index in [-0.39, 0.29) is 12.5 Å². The number of benzene rings is 2. The van der Waals surface area contributed by atoms with Gasteiger partial charge in [0.25, 0.3) is 0 Å². The Bertz CT molecular complexity index is 1010. The maximum atomic E-state index is 12.2. The fraction of sp³-hybridized carbons (Fsp3) is 0.167. The lowest BCUT2D eigenvalue weighted by Crippen LogP contribution is -2.27. The fourth-order valence-corrected chi connectivity index (χ4v) is 2.69. The molecule has 0 saturated carbocycles. The Morgan fingerprint density at radius 3 is 2.65 bits per heavy atom. The van der Waals surface area contributed by atoms with Crippen molar-refractivity contribution in [2.24, 2.45) is 0 Å². The van der Waals surface area contributed by atoms with Crippen LogP contribution in [0.3, 0.4) is 0 Å². The largest absolute Gasteiger partial charge is 0.350 e. The van der Waals surface area contributed by atoms with E-state index >= 15 is 0 Å². The van der Waals surface area contributed by atoms with Gasteiger partial charge in [-0.2, -0.15) is 5.10 Å². The third-order valence-electron chi connectivity index (χ3n) is 4.04. The van der Waals surface area contributed by atoms with Gasteiger partial charge in [-0.1, -0.05) is 41.6 Å². The van der Waals surface area contributed by atoms with Crippen molar-refractivity contribution in [3.8, 4) is 0 Å². The molecule has 2 aromatic heterocycles. The summed E-state index contributed by atoms with van der Waals surface area (Å²) in [6.45, 7) is 1.28. The summed E-state index contributed by atoms with van der Waals surface area (Å²) in [7, 11) is 0. The van der Waals surface area contributed by atoms with Gasteiger partial charge in [0.05, 0.1) is 12.1 Å². The van der Waals surface area contributed by atoms with Gasteiger partial charge in [-0.25, -0.2) is 14.3 Å². The van der Waals surface area contributed by atoms with Crippen molar-refractivity contribution >= 4 is 16.9 Å². The first-order valence-corrected chi connectivity index (χ1v) is 8.23. The molecule has 26 heavy (non-hydrogen) atoms. The molecule has 0 aliphatic heterocycles. The number of nitrogens with one attached hydrogen (secondary N) is 1. The van der Waals surface area contributed by atoms with E-state index in [9.17, 15) is 4.79 Å². The lowest BCUT2D eigenvalue weighted by Gasteiger charge is -2.07. The zero-order valence-corrected chi connectivity index (χ0v) is 14.0. The summed E-state index contributed by atoms with van der Waals surface area (Å²) in [4.78, 5) is 16.1. The zero-order chi connectivity index (χ0) is 17.8. The van der Waals surface area contributed by atoms with Crippen LogP contribution in [0.15, 0.2) is 61.2 Å². The summed E-state index contributed by atoms with van der Waals surface area (Å²) < 4.78 is 3.37. The SMILES string of the molecule is O=C(Cn1nnc2ccccc21)NCc1ccc(Cn2cncn2)cc1. The molecule has 8 nitrogen and oxygen atoms in total. The molecule has 0 atom stereocenters. The predicted molar refractivity (Wildman–Crippen MR) is 94.9 cm³/mol. The molecule has 0 saturated heterocycles. The monoisotopic (exact) mass is 347 g/mol. The molecule has 4 rings (SSSR count). The van der Waals surface area contributed by atoms with Crippen LogP contribution in [0, 0.1) is 0 Å². The fourth-order valence-electron chi connectivity index (χ4n) is 2.69. The molecule has 0 unspecified atom stereocenters. The van der Waals surface area contributed by atoms with Gasteiger partial charge >= 0.3 is 0 Å². The third-order valence-corrected chi connectivity index (χ3v) is 4.04. The van der Waals surface area contributed by atoms with E-state index < -0.39 is 0 Å². The Balaban J connectivity index is 1.32. The topological polar surface area (TPSA) is 90.5 Å². The molecule has 4 aromatic rings. The van der Waals surface area contributed by atoms with Gasteiger partial charge < -0.3 is 5.32 Å². The van der Waals surface area contributed by atoms with E-state index in [1.54, 1.807) is 15.7 Å². The first kappa shape index (κ1) is 15.9. The first-order valence-electron chi connectivity index (χ1n) is 8.23. The second-order valence-corrected chi connectivity index (χ2v) is 5.92. The Kier molecular flexibility index (Phi) is 4.38. The van der Waals surface area contributed by atoms with Crippen LogP contribution < -0.4 is 5.32 Å². The van der Waals surface area contributed by atoms with E-state index in [1.165, 1.54) is 6.33 Å². The molecular weight excluding hydrogens is 330 g/mol. The lowest BCUT2D eigenvalue weighted by atomic mass is 10.1. The summed E-state index contributed by atoms with van der Waals surface area (Å²) in [6, 6.07) is 15.6. The third kappa shape index (κ3) is 3.59. The summed E-state index contributed by atoms with van der Waals surface area (Å²) in [5.74, 6) is -0.104. The van der Waals surface area contributed by atoms with E-state index in [4.69, 9.17) is 0 Å². The maximum absolute atomic E-state index is 12.2. The van der Waals surface area contributed by atoms with Crippen molar-refractivity contribution in [1.82, 2.24) is 35.1 Å². The van der Waals surface area contributed by atoms with Gasteiger partial charge in [-0.15, -0.1) is 5.10 Å². The Morgan fingerprint density at radius 1 is 1.04 bits per heavy atom. The Morgan fingerprint density at radius 2 is 1.85 bits per heavy atom. The number of nitrogens with zero attached hydrogens (tertiary/aromatic N) is 6. The number of amides is 1. The molecule has 2 aromatic carbocycles. The molecule has 1 amide bonds. The van der Waals surface area contributed by atoms with E-state index in [1.807, 2.05) is 48.5 Å². The number of hydrogen-bond donors (Lipinski definition) is 1. The van der Waals surface area contributed by atoms with E-state index in [0.29, 0.717) is 13.1 Å². The second-order valence-electron chi connectivity index (χ2n) is 5.92. The second kappa shape index (κ2) is 7.14. The normalized spacial score (nSPS) is 10.9. The molecule has 0 bridgehead atoms. The maximum Gasteiger partial charge on any atom is 0.242 e. The smallest absolute Gasteiger partial charge is 0.242 e. The van der Waals surface area contributed by atoms with Crippen LogP contribution in [0.1, 0.15) is 11.1 Å². The van der Waals surface area contributed by atoms with Gasteiger partial charge in [0.2, 0.25) is 5.91 Å². The van der Waals surface area contributed by atoms with Gasteiger partial charge in [0, 0.05) is 6.54 Å². The molecule has 1 N–H and O–H groups in total. The molecule has 8 heteroatoms. The zero-order valence-electron chi connectivity index (χ0n) is 14.0. The average molecular weight is 347 g/mol. The van der Waals surface area contributed by atoms with Crippen molar-refractivity contribution in [1.29, 1.82) is 0 Å². The van der Waals surface area contributed by atoms with Crippen molar-refractivity contribution in [3.05, 3.63) is 72.3 Å². The van der Waals surface area contributed by atoms with Crippen molar-refractivity contribution in [2.75, 3.05) is 0 Å². The van der Waals surface area contributed by atoms with Crippen molar-refractivity contribution in [3.63, 3.8) is 0 Å². The van der Waals surface area contributed by atoms with Crippen LogP contribution in [0.2, 0.25) is 0 Å². The van der Waals surface area contributed by atoms with Crippen molar-refractivity contribution < 1.29 is 4.79 Å². The molecule has 0 aliphatic rings. The molecule has 2 heterocycles. The van der Waals surface area contributed by atoms with Gasteiger partial charge in [-0.3, -0.25) is 4.79 Å². The van der Waals surface area contributed by atoms with Gasteiger partial charge in [-0.05, 0) is 23.3 Å². The number of fused-ring (bicyclic) bond motifs is 1. The number of aromatic nitrogens is 6. The summed E-state index contributed by atoms with van der Waals surface area (Å²) in [5.41, 5.74) is 3.78. The number of hydrogen-bond acceptors (Lipinski definition) is 5. The van der Waals surface area contributed by atoms with Crippen LogP contribution in [-0.2, 0) is 24.4 Å². The van der Waals surface area contributed by atoms with Crippen LogP contribution in [0.5, 0.6) is 0 Å². The first-order chi connectivity index (χ1) is 12.8. The molecule has 130 valence electrons. The van der Waals surface area contributed by atoms with Crippen molar-refractivity contribution in [2.45, 2.75) is 19.6 Å². The molecule has 0 radical (unpaired) electrons. The summed E-state index contributed by atoms with van der Waals surface area (Å²) >= 11 is 0. The summed E-state index contributed by atoms with van der Waals surface area (Å²) in [5, 5.41) is 15.1. The van der Waals surface area contributed by atoms with Gasteiger partial charge in [0.1, 0.15) is 24.7 Å². The van der Waals surface area contributed by atoms with Gasteiger partial charge in [0.15, 0.2) is 0 Å². The standard InChI is InChI=1S/C18H17N7O/c26-18(11-25-17-4-2-1-3-16(17)22-23-25)20-9-14-5-7-15(8-6-14)10-24-13-19-12-21-24/h1-8,12-13H,9-11H2,(H,20,26). The number of carbonyl (C=O) groups excluding carboxylic acids is 1. The quantitative estimate of drug-likeness (QED) is 0.569.